The third-order valence-electron chi connectivity index (χ3n) is 3.86. The lowest BCUT2D eigenvalue weighted by Gasteiger charge is -2.23. The Morgan fingerprint density at radius 3 is 1.90 bits per heavy atom. The number of unbranched alkanes of at least 4 members (excludes halogenated alkanes) is 1. The van der Waals surface area contributed by atoms with Gasteiger partial charge in [-0.2, -0.15) is 12.6 Å². The summed E-state index contributed by atoms with van der Waals surface area (Å²) in [4.78, 5) is 58.2. The minimum absolute atomic E-state index is 0.150. The van der Waals surface area contributed by atoms with Crippen molar-refractivity contribution in [2.45, 2.75) is 50.2 Å². The summed E-state index contributed by atoms with van der Waals surface area (Å²) in [7, 11) is 0. The molecule has 0 aromatic carbocycles. The van der Waals surface area contributed by atoms with Crippen LogP contribution in [0.3, 0.4) is 0 Å². The van der Waals surface area contributed by atoms with Crippen LogP contribution < -0.4 is 27.4 Å². The van der Waals surface area contributed by atoms with E-state index >= 15 is 0 Å². The normalized spacial score (nSPS) is 13.6. The number of carbonyl (C=O) groups is 5. The molecule has 0 saturated carbocycles. The summed E-state index contributed by atoms with van der Waals surface area (Å²) in [6.07, 6.45) is 0.670. The van der Waals surface area contributed by atoms with Crippen LogP contribution in [0.25, 0.3) is 0 Å². The second-order valence-corrected chi connectivity index (χ2v) is 6.55. The van der Waals surface area contributed by atoms with E-state index in [2.05, 4.69) is 28.6 Å². The lowest BCUT2D eigenvalue weighted by Crippen LogP contribution is -2.56. The first-order valence-electron chi connectivity index (χ1n) is 9.01. The quantitative estimate of drug-likeness (QED) is 0.0998. The van der Waals surface area contributed by atoms with Crippen LogP contribution in [0.15, 0.2) is 0 Å². The van der Waals surface area contributed by atoms with Gasteiger partial charge in [0.15, 0.2) is 0 Å². The van der Waals surface area contributed by atoms with Crippen LogP contribution in [0.5, 0.6) is 0 Å². The summed E-state index contributed by atoms with van der Waals surface area (Å²) < 4.78 is 0. The number of nitrogens with one attached hydrogen (secondary N) is 3. The van der Waals surface area contributed by atoms with E-state index in [4.69, 9.17) is 21.7 Å². The molecule has 0 bridgehead atoms. The Morgan fingerprint density at radius 1 is 0.828 bits per heavy atom. The molecule has 9 N–H and O–H groups in total. The zero-order chi connectivity index (χ0) is 22.4. The summed E-state index contributed by atoms with van der Waals surface area (Å²) in [6.45, 7) is 0.0920. The van der Waals surface area contributed by atoms with Gasteiger partial charge in [-0.1, -0.05) is 0 Å². The summed E-state index contributed by atoms with van der Waals surface area (Å²) in [5.41, 5.74) is 10.7. The van der Waals surface area contributed by atoms with Crippen molar-refractivity contribution in [2.24, 2.45) is 11.5 Å². The standard InChI is InChI=1S/C16H29N5O7S/c17-6-2-1-3-9(19-12(22)7-18)14(25)21-11(8-29)15(26)20-10(16(27)28)4-5-13(23)24/h9-11,29H,1-8,17-18H2,(H,19,22)(H,20,26)(H,21,25)(H,23,24)(H,27,28). The molecule has 3 unspecified atom stereocenters. The van der Waals surface area contributed by atoms with Crippen LogP contribution in [-0.2, 0) is 24.0 Å². The van der Waals surface area contributed by atoms with Crippen molar-refractivity contribution < 1.29 is 34.2 Å². The van der Waals surface area contributed by atoms with E-state index in [1.807, 2.05) is 0 Å². The van der Waals surface area contributed by atoms with E-state index in [0.717, 1.165) is 0 Å². The number of nitrogens with two attached hydrogens (primary N) is 2. The molecule has 0 aliphatic rings. The highest BCUT2D eigenvalue weighted by molar-refractivity contribution is 7.80. The Kier molecular flexibility index (Phi) is 13.4. The molecule has 0 aromatic rings. The number of aliphatic carboxylic acids is 2. The van der Waals surface area contributed by atoms with Crippen molar-refractivity contribution in [2.75, 3.05) is 18.8 Å². The Balaban J connectivity index is 5.03. The van der Waals surface area contributed by atoms with Gasteiger partial charge >= 0.3 is 11.9 Å². The van der Waals surface area contributed by atoms with Gasteiger partial charge < -0.3 is 37.6 Å². The topological polar surface area (TPSA) is 214 Å². The Hall–Kier alpha value is -2.38. The molecular formula is C16H29N5O7S. The van der Waals surface area contributed by atoms with Crippen LogP contribution in [0.4, 0.5) is 0 Å². The Morgan fingerprint density at radius 2 is 1.41 bits per heavy atom. The van der Waals surface area contributed by atoms with Gasteiger partial charge in [-0.25, -0.2) is 4.79 Å². The molecule has 0 radical (unpaired) electrons. The number of amides is 3. The number of thiol groups is 1. The summed E-state index contributed by atoms with van der Waals surface area (Å²) in [6, 6.07) is -3.57. The summed E-state index contributed by atoms with van der Waals surface area (Å²) >= 11 is 3.99. The number of hydrogen-bond donors (Lipinski definition) is 8. The van der Waals surface area contributed by atoms with Crippen LogP contribution in [0, 0.1) is 0 Å². The monoisotopic (exact) mass is 435 g/mol. The van der Waals surface area contributed by atoms with Crippen molar-refractivity contribution in [3.8, 4) is 0 Å². The number of carbonyl (C=O) groups excluding carboxylic acids is 3. The molecule has 166 valence electrons. The van der Waals surface area contributed by atoms with Crippen LogP contribution in [-0.4, -0.2) is 76.8 Å². The van der Waals surface area contributed by atoms with Crippen molar-refractivity contribution in [3.05, 3.63) is 0 Å². The average molecular weight is 436 g/mol. The largest absolute Gasteiger partial charge is 0.481 e. The lowest BCUT2D eigenvalue weighted by molar-refractivity contribution is -0.143. The summed E-state index contributed by atoms with van der Waals surface area (Å²) in [5.74, 6) is -4.81. The molecule has 3 amide bonds. The van der Waals surface area contributed by atoms with Gasteiger partial charge in [-0.3, -0.25) is 19.2 Å². The maximum atomic E-state index is 12.5. The number of carboxylic acids is 2. The third kappa shape index (κ3) is 11.3. The first kappa shape index (κ1) is 26.6. The van der Waals surface area contributed by atoms with E-state index in [1.54, 1.807) is 0 Å². The van der Waals surface area contributed by atoms with E-state index in [-0.39, 0.29) is 25.1 Å². The number of rotatable bonds is 15. The minimum Gasteiger partial charge on any atom is -0.481 e. The smallest absolute Gasteiger partial charge is 0.326 e. The van der Waals surface area contributed by atoms with Crippen LogP contribution >= 0.6 is 12.6 Å². The highest BCUT2D eigenvalue weighted by Crippen LogP contribution is 2.04. The molecule has 0 aromatic heterocycles. The second kappa shape index (κ2) is 14.6. The second-order valence-electron chi connectivity index (χ2n) is 6.18. The predicted molar refractivity (Wildman–Crippen MR) is 106 cm³/mol. The van der Waals surface area contributed by atoms with Crippen molar-refractivity contribution >= 4 is 42.3 Å². The molecule has 0 rings (SSSR count). The first-order chi connectivity index (χ1) is 13.7. The van der Waals surface area contributed by atoms with Crippen LogP contribution in [0.2, 0.25) is 0 Å². The Labute approximate surface area is 173 Å². The van der Waals surface area contributed by atoms with Crippen molar-refractivity contribution in [1.82, 2.24) is 16.0 Å². The van der Waals surface area contributed by atoms with Gasteiger partial charge in [-0.15, -0.1) is 0 Å². The van der Waals surface area contributed by atoms with Crippen molar-refractivity contribution in [3.63, 3.8) is 0 Å². The maximum Gasteiger partial charge on any atom is 0.326 e. The minimum atomic E-state index is -1.44. The molecule has 29 heavy (non-hydrogen) atoms. The molecule has 0 saturated heterocycles. The highest BCUT2D eigenvalue weighted by atomic mass is 32.1. The maximum absolute atomic E-state index is 12.5. The molecule has 0 aliphatic carbocycles. The first-order valence-corrected chi connectivity index (χ1v) is 9.65. The van der Waals surface area contributed by atoms with Gasteiger partial charge in [0, 0.05) is 12.2 Å². The van der Waals surface area contributed by atoms with Crippen molar-refractivity contribution in [1.29, 1.82) is 0 Å². The molecular weight excluding hydrogens is 406 g/mol. The average Bonchev–Trinajstić information content (AvgIpc) is 2.67. The SMILES string of the molecule is NCCCCC(NC(=O)CN)C(=O)NC(CS)C(=O)NC(CCC(=O)O)C(=O)O. The lowest BCUT2D eigenvalue weighted by atomic mass is 10.1. The highest BCUT2D eigenvalue weighted by Gasteiger charge is 2.28. The molecule has 0 fully saturated rings. The molecule has 3 atom stereocenters. The Bertz CT molecular complexity index is 590. The fraction of sp³-hybridized carbons (Fsp3) is 0.688. The predicted octanol–water partition coefficient (Wildman–Crippen LogP) is -2.59. The summed E-state index contributed by atoms with van der Waals surface area (Å²) in [5, 5.41) is 24.8. The number of hydrogen-bond acceptors (Lipinski definition) is 8. The van der Waals surface area contributed by atoms with E-state index in [0.29, 0.717) is 19.4 Å². The van der Waals surface area contributed by atoms with Gasteiger partial charge in [0.25, 0.3) is 0 Å². The zero-order valence-electron chi connectivity index (χ0n) is 15.9. The molecule has 0 spiro atoms. The van der Waals surface area contributed by atoms with Crippen LogP contribution in [0.1, 0.15) is 32.1 Å². The van der Waals surface area contributed by atoms with E-state index in [1.165, 1.54) is 0 Å². The van der Waals surface area contributed by atoms with E-state index < -0.39 is 54.2 Å². The van der Waals surface area contributed by atoms with E-state index in [9.17, 15) is 24.0 Å². The van der Waals surface area contributed by atoms with Gasteiger partial charge in [0.1, 0.15) is 18.1 Å². The molecule has 12 nitrogen and oxygen atoms in total. The fourth-order valence-electron chi connectivity index (χ4n) is 2.28. The zero-order valence-corrected chi connectivity index (χ0v) is 16.8. The fourth-order valence-corrected chi connectivity index (χ4v) is 2.54. The molecule has 13 heteroatoms. The third-order valence-corrected chi connectivity index (χ3v) is 4.23. The van der Waals surface area contributed by atoms with Gasteiger partial charge in [-0.05, 0) is 32.2 Å². The molecule has 0 heterocycles. The molecule has 0 aliphatic heterocycles. The van der Waals surface area contributed by atoms with Gasteiger partial charge in [0.05, 0.1) is 6.54 Å². The number of carboxylic acid groups (broad SMARTS) is 2. The van der Waals surface area contributed by atoms with Gasteiger partial charge in [0.2, 0.25) is 17.7 Å².